The Balaban J connectivity index is 1.28. The van der Waals surface area contributed by atoms with Gasteiger partial charge in [0.15, 0.2) is 0 Å². The molecule has 0 bridgehead atoms. The zero-order valence-electron chi connectivity index (χ0n) is 25.8. The molecule has 0 spiro atoms. The number of fused-ring (bicyclic) bond motifs is 1. The lowest BCUT2D eigenvalue weighted by Crippen LogP contribution is -2.48. The Morgan fingerprint density at radius 1 is 1.04 bits per heavy atom. The lowest BCUT2D eigenvalue weighted by molar-refractivity contribution is 0.0852. The van der Waals surface area contributed by atoms with Gasteiger partial charge in [0.05, 0.1) is 23.3 Å². The fourth-order valence-corrected chi connectivity index (χ4v) is 6.74. The minimum atomic E-state index is -2.32. The Labute approximate surface area is 266 Å². The lowest BCUT2D eigenvalue weighted by Gasteiger charge is -2.34. The number of anilines is 2. The Kier molecular flexibility index (Phi) is 11.1. The molecule has 45 heavy (non-hydrogen) atoms. The van der Waals surface area contributed by atoms with Crippen LogP contribution in [0.25, 0.3) is 22.2 Å². The third kappa shape index (κ3) is 7.82. The van der Waals surface area contributed by atoms with Gasteiger partial charge in [-0.3, -0.25) is 14.7 Å². The van der Waals surface area contributed by atoms with E-state index in [1.54, 1.807) is 48.4 Å². The summed E-state index contributed by atoms with van der Waals surface area (Å²) in [6.07, 6.45) is 7.42. The number of rotatable bonds is 13. The normalized spacial score (nSPS) is 15.3. The third-order valence-corrected chi connectivity index (χ3v) is 9.02. The highest BCUT2D eigenvalue weighted by atomic mass is 32.2. The topological polar surface area (TPSA) is 112 Å². The minimum absolute atomic E-state index is 0.125. The molecule has 2 atom stereocenters. The zero-order chi connectivity index (χ0) is 31.8. The second kappa shape index (κ2) is 15.3. The number of nitrogens with one attached hydrogen (secondary N) is 2. The molecule has 2 N–H and O–H groups in total. The molecule has 4 heterocycles. The molecular formula is C32H39F2N9OS. The molecule has 1 aromatic carbocycles. The molecule has 0 radical (unpaired) electrons. The van der Waals surface area contributed by atoms with Gasteiger partial charge in [0, 0.05) is 75.4 Å². The van der Waals surface area contributed by atoms with E-state index in [0.717, 1.165) is 34.2 Å². The van der Waals surface area contributed by atoms with Gasteiger partial charge in [0.2, 0.25) is 5.95 Å². The Morgan fingerprint density at radius 3 is 2.51 bits per heavy atom. The fourth-order valence-electron chi connectivity index (χ4n) is 5.96. The number of hydrogen-bond donors (Lipinski definition) is 2. The average Bonchev–Trinajstić information content (AvgIpc) is 3.07. The number of nitrogens with zero attached hydrogens (tertiary/aromatic N) is 7. The van der Waals surface area contributed by atoms with Gasteiger partial charge in [-0.1, -0.05) is 25.1 Å². The summed E-state index contributed by atoms with van der Waals surface area (Å²) in [6.45, 7) is 5.00. The van der Waals surface area contributed by atoms with Crippen LogP contribution in [0.4, 0.5) is 20.5 Å². The molecule has 2 unspecified atom stereocenters. The van der Waals surface area contributed by atoms with Gasteiger partial charge in [0.25, 0.3) is 12.3 Å². The SMILES string of the molecule is CCC(c1cccc2c(C(=O)NC)ccnc12)C(CNc1cc(-c2cnc(N3CCN(CC(F)F)CC3)nc2)ncn1)CSC. The van der Waals surface area contributed by atoms with Gasteiger partial charge >= 0.3 is 0 Å². The van der Waals surface area contributed by atoms with E-state index in [1.807, 2.05) is 23.1 Å². The highest BCUT2D eigenvalue weighted by molar-refractivity contribution is 7.98. The Hall–Kier alpha value is -3.97. The van der Waals surface area contributed by atoms with Gasteiger partial charge in [-0.25, -0.2) is 28.7 Å². The summed E-state index contributed by atoms with van der Waals surface area (Å²) in [7, 11) is 1.64. The predicted octanol–water partition coefficient (Wildman–Crippen LogP) is 4.81. The van der Waals surface area contributed by atoms with Crippen molar-refractivity contribution >= 4 is 40.3 Å². The summed E-state index contributed by atoms with van der Waals surface area (Å²) >= 11 is 1.80. The molecule has 1 aliphatic rings. The molecular weight excluding hydrogens is 596 g/mol. The maximum Gasteiger partial charge on any atom is 0.251 e. The van der Waals surface area contributed by atoms with Gasteiger partial charge in [-0.2, -0.15) is 11.8 Å². The van der Waals surface area contributed by atoms with Crippen molar-refractivity contribution in [3.05, 3.63) is 66.4 Å². The molecule has 1 fully saturated rings. The number of thioether (sulfide) groups is 1. The number of aromatic nitrogens is 5. The van der Waals surface area contributed by atoms with E-state index >= 15 is 0 Å². The van der Waals surface area contributed by atoms with E-state index in [1.165, 1.54) is 6.33 Å². The Bertz CT molecular complexity index is 1570. The number of carbonyl (C=O) groups excluding carboxylic acids is 1. The number of hydrogen-bond acceptors (Lipinski definition) is 10. The fraction of sp³-hybridized carbons (Fsp3) is 0.438. The first-order valence-corrected chi connectivity index (χ1v) is 16.5. The van der Waals surface area contributed by atoms with Crippen LogP contribution >= 0.6 is 11.8 Å². The van der Waals surface area contributed by atoms with Crippen molar-refractivity contribution in [2.75, 3.05) is 68.5 Å². The van der Waals surface area contributed by atoms with Crippen LogP contribution in [0.3, 0.4) is 0 Å². The molecule has 5 rings (SSSR count). The lowest BCUT2D eigenvalue weighted by atomic mass is 9.83. The number of benzene rings is 1. The third-order valence-electron chi connectivity index (χ3n) is 8.26. The van der Waals surface area contributed by atoms with Crippen molar-refractivity contribution in [1.82, 2.24) is 35.1 Å². The average molecular weight is 636 g/mol. The van der Waals surface area contributed by atoms with Gasteiger partial charge < -0.3 is 15.5 Å². The maximum atomic E-state index is 12.7. The minimum Gasteiger partial charge on any atom is -0.370 e. The number of para-hydroxylation sites is 1. The number of halogens is 2. The van der Waals surface area contributed by atoms with Crippen molar-refractivity contribution in [3.8, 4) is 11.3 Å². The van der Waals surface area contributed by atoms with E-state index < -0.39 is 6.43 Å². The second-order valence-electron chi connectivity index (χ2n) is 11.0. The smallest absolute Gasteiger partial charge is 0.251 e. The van der Waals surface area contributed by atoms with Gasteiger partial charge in [0.1, 0.15) is 12.1 Å². The monoisotopic (exact) mass is 635 g/mol. The van der Waals surface area contributed by atoms with E-state index in [-0.39, 0.29) is 24.3 Å². The first-order chi connectivity index (χ1) is 21.9. The highest BCUT2D eigenvalue weighted by Gasteiger charge is 2.25. The summed E-state index contributed by atoms with van der Waals surface area (Å²) in [6, 6.07) is 9.75. The number of carbonyl (C=O) groups is 1. The van der Waals surface area contributed by atoms with E-state index in [2.05, 4.69) is 49.8 Å². The van der Waals surface area contributed by atoms with Gasteiger partial charge in [-0.15, -0.1) is 0 Å². The van der Waals surface area contributed by atoms with Crippen molar-refractivity contribution < 1.29 is 13.6 Å². The van der Waals surface area contributed by atoms with Crippen LogP contribution in [-0.2, 0) is 0 Å². The first-order valence-electron chi connectivity index (χ1n) is 15.1. The van der Waals surface area contributed by atoms with Crippen LogP contribution < -0.4 is 15.5 Å². The molecule has 10 nitrogen and oxygen atoms in total. The van der Waals surface area contributed by atoms with Crippen molar-refractivity contribution in [3.63, 3.8) is 0 Å². The van der Waals surface area contributed by atoms with Crippen LogP contribution in [-0.4, -0.2) is 100 Å². The molecule has 0 aliphatic carbocycles. The predicted molar refractivity (Wildman–Crippen MR) is 176 cm³/mol. The number of pyridine rings is 1. The number of piperazine rings is 1. The van der Waals surface area contributed by atoms with Crippen LogP contribution in [0.15, 0.2) is 55.2 Å². The Morgan fingerprint density at radius 2 is 1.82 bits per heavy atom. The molecule has 1 saturated heterocycles. The second-order valence-corrected chi connectivity index (χ2v) is 11.9. The first kappa shape index (κ1) is 32.4. The van der Waals surface area contributed by atoms with Crippen LogP contribution in [0, 0.1) is 5.92 Å². The molecule has 238 valence electrons. The molecule has 4 aromatic rings. The standard InChI is InChI=1S/C32H39F2N9OS/c1-4-23(24-6-5-7-25-26(31(44)35-2)8-9-36-30(24)25)22(19-45-3)17-37-29-14-27(40-20-41-29)21-15-38-32(39-16-21)43-12-10-42(11-13-43)18-28(33)34/h5-9,14-16,20,22-23,28H,4,10-13,17-19H2,1-3H3,(H,35,44)(H,37,40,41). The summed E-state index contributed by atoms with van der Waals surface area (Å²) < 4.78 is 25.4. The van der Waals surface area contributed by atoms with Crippen LogP contribution in [0.1, 0.15) is 35.2 Å². The quantitative estimate of drug-likeness (QED) is 0.212. The summed E-state index contributed by atoms with van der Waals surface area (Å²) in [5, 5.41) is 7.12. The summed E-state index contributed by atoms with van der Waals surface area (Å²) in [5.41, 5.74) is 4.09. The highest BCUT2D eigenvalue weighted by Crippen LogP contribution is 2.35. The molecule has 0 saturated carbocycles. The van der Waals surface area contributed by atoms with Crippen molar-refractivity contribution in [2.24, 2.45) is 5.92 Å². The molecule has 1 amide bonds. The summed E-state index contributed by atoms with van der Waals surface area (Å²) in [5.74, 6) is 2.57. The van der Waals surface area contributed by atoms with E-state index in [9.17, 15) is 13.6 Å². The zero-order valence-corrected chi connectivity index (χ0v) is 26.6. The molecule has 3 aromatic heterocycles. The van der Waals surface area contributed by atoms with E-state index in [4.69, 9.17) is 4.98 Å². The van der Waals surface area contributed by atoms with E-state index in [0.29, 0.717) is 55.7 Å². The van der Waals surface area contributed by atoms with Crippen LogP contribution in [0.5, 0.6) is 0 Å². The summed E-state index contributed by atoms with van der Waals surface area (Å²) in [4.78, 5) is 39.0. The number of alkyl halides is 2. The van der Waals surface area contributed by atoms with Crippen molar-refractivity contribution in [1.29, 1.82) is 0 Å². The largest absolute Gasteiger partial charge is 0.370 e. The molecule has 13 heteroatoms. The van der Waals surface area contributed by atoms with Crippen LogP contribution in [0.2, 0.25) is 0 Å². The molecule has 1 aliphatic heterocycles. The number of amides is 1. The van der Waals surface area contributed by atoms with Crippen molar-refractivity contribution in [2.45, 2.75) is 25.7 Å². The van der Waals surface area contributed by atoms with Gasteiger partial charge in [-0.05, 0) is 41.9 Å². The maximum absolute atomic E-state index is 12.7.